The number of halogens is 2. The van der Waals surface area contributed by atoms with E-state index >= 15 is 0 Å². The van der Waals surface area contributed by atoms with E-state index in [4.69, 9.17) is 0 Å². The van der Waals surface area contributed by atoms with E-state index in [0.717, 1.165) is 24.2 Å². The first-order chi connectivity index (χ1) is 13.2. The lowest BCUT2D eigenvalue weighted by atomic mass is 9.79. The first kappa shape index (κ1) is 20.5. The highest BCUT2D eigenvalue weighted by atomic mass is 79.9. The van der Waals surface area contributed by atoms with E-state index in [1.54, 1.807) is 24.3 Å². The van der Waals surface area contributed by atoms with Crippen LogP contribution in [0.15, 0.2) is 46.0 Å². The van der Waals surface area contributed by atoms with Crippen molar-refractivity contribution >= 4 is 33.7 Å². The predicted molar refractivity (Wildman–Crippen MR) is 116 cm³/mol. The quantitative estimate of drug-likeness (QED) is 0.501. The second-order valence-electron chi connectivity index (χ2n) is 7.77. The Hall–Kier alpha value is -2.21. The smallest absolute Gasteiger partial charge is 0.272 e. The first-order valence-corrected chi connectivity index (χ1v) is 10.2. The van der Waals surface area contributed by atoms with Crippen LogP contribution < -0.4 is 10.3 Å². The molecule has 0 bridgehead atoms. The van der Waals surface area contributed by atoms with Crippen LogP contribution in [0.5, 0.6) is 0 Å². The van der Waals surface area contributed by atoms with E-state index in [2.05, 4.69) is 59.1 Å². The molecule has 0 radical (unpaired) electrons. The fraction of sp³-hybridized carbons (Fsp3) is 0.364. The van der Waals surface area contributed by atoms with Gasteiger partial charge in [0, 0.05) is 27.8 Å². The number of hydrazone groups is 1. The van der Waals surface area contributed by atoms with E-state index in [0.29, 0.717) is 21.5 Å². The summed E-state index contributed by atoms with van der Waals surface area (Å²) in [5, 5.41) is 3.96. The van der Waals surface area contributed by atoms with Crippen molar-refractivity contribution < 1.29 is 9.18 Å². The Kier molecular flexibility index (Phi) is 5.89. The number of benzene rings is 2. The third-order valence-corrected chi connectivity index (χ3v) is 6.00. The summed E-state index contributed by atoms with van der Waals surface area (Å²) in [6.07, 6.45) is 2.36. The van der Waals surface area contributed by atoms with E-state index in [9.17, 15) is 9.18 Å². The van der Waals surface area contributed by atoms with Crippen LogP contribution in [0.3, 0.4) is 0 Å². The van der Waals surface area contributed by atoms with Gasteiger partial charge < -0.3 is 4.90 Å². The molecule has 1 aliphatic rings. The van der Waals surface area contributed by atoms with Crippen molar-refractivity contribution in [2.75, 3.05) is 11.4 Å². The monoisotopic (exact) mass is 445 g/mol. The van der Waals surface area contributed by atoms with Crippen LogP contribution in [-0.4, -0.2) is 24.2 Å². The average Bonchev–Trinajstić information content (AvgIpc) is 2.62. The number of nitrogens with zero attached hydrogens (tertiary/aromatic N) is 2. The predicted octanol–water partition coefficient (Wildman–Crippen LogP) is 5.46. The van der Waals surface area contributed by atoms with Crippen LogP contribution in [0.2, 0.25) is 0 Å². The van der Waals surface area contributed by atoms with Crippen LogP contribution in [0.1, 0.15) is 61.5 Å². The third-order valence-electron chi connectivity index (χ3n) is 5.31. The van der Waals surface area contributed by atoms with Gasteiger partial charge in [0.1, 0.15) is 5.82 Å². The minimum atomic E-state index is -0.352. The summed E-state index contributed by atoms with van der Waals surface area (Å²) in [7, 11) is 0. The van der Waals surface area contributed by atoms with Crippen molar-refractivity contribution in [3.63, 3.8) is 0 Å². The van der Waals surface area contributed by atoms with Gasteiger partial charge in [0.25, 0.3) is 5.91 Å². The number of hydrogen-bond donors (Lipinski definition) is 1. The lowest BCUT2D eigenvalue weighted by molar-refractivity contribution is 0.0954. The molecule has 0 aliphatic carbocycles. The normalized spacial score (nSPS) is 18.2. The fourth-order valence-corrected chi connectivity index (χ4v) is 4.55. The molecule has 1 atom stereocenters. The molecular formula is C22H25BrFN3O. The molecule has 6 heteroatoms. The van der Waals surface area contributed by atoms with Gasteiger partial charge in [-0.3, -0.25) is 4.79 Å². The maximum atomic E-state index is 14.7. The van der Waals surface area contributed by atoms with Gasteiger partial charge in [-0.25, -0.2) is 9.82 Å². The van der Waals surface area contributed by atoms with Crippen molar-refractivity contribution in [1.29, 1.82) is 0 Å². The third kappa shape index (κ3) is 3.97. The van der Waals surface area contributed by atoms with Gasteiger partial charge in [-0.15, -0.1) is 0 Å². The molecule has 28 heavy (non-hydrogen) atoms. The summed E-state index contributed by atoms with van der Waals surface area (Å²) < 4.78 is 15.4. The second kappa shape index (κ2) is 8.03. The van der Waals surface area contributed by atoms with Gasteiger partial charge in [-0.1, -0.05) is 19.1 Å². The summed E-state index contributed by atoms with van der Waals surface area (Å²) in [4.78, 5) is 14.5. The van der Waals surface area contributed by atoms with E-state index in [1.807, 2.05) is 12.1 Å². The molecule has 2 aromatic rings. The molecule has 1 heterocycles. The topological polar surface area (TPSA) is 44.7 Å². The molecule has 4 nitrogen and oxygen atoms in total. The molecule has 0 fully saturated rings. The molecule has 0 saturated carbocycles. The lowest BCUT2D eigenvalue weighted by Crippen LogP contribution is -2.48. The maximum absolute atomic E-state index is 14.7. The van der Waals surface area contributed by atoms with Gasteiger partial charge in [-0.05, 0) is 78.9 Å². The number of nitrogens with one attached hydrogen (secondary N) is 1. The zero-order chi connectivity index (χ0) is 20.5. The number of rotatable bonds is 4. The van der Waals surface area contributed by atoms with Gasteiger partial charge in [0.2, 0.25) is 0 Å². The first-order valence-electron chi connectivity index (χ1n) is 9.43. The molecule has 1 aliphatic heterocycles. The van der Waals surface area contributed by atoms with E-state index in [-0.39, 0.29) is 17.3 Å². The maximum Gasteiger partial charge on any atom is 0.272 e. The highest BCUT2D eigenvalue weighted by Crippen LogP contribution is 2.43. The van der Waals surface area contributed by atoms with Crippen LogP contribution in [0.25, 0.3) is 0 Å². The van der Waals surface area contributed by atoms with Crippen molar-refractivity contribution in [2.24, 2.45) is 5.10 Å². The zero-order valence-electron chi connectivity index (χ0n) is 16.6. The summed E-state index contributed by atoms with van der Waals surface area (Å²) in [6, 6.07) is 10.5. The molecule has 1 N–H and O–H groups in total. The van der Waals surface area contributed by atoms with Crippen LogP contribution in [0.4, 0.5) is 10.1 Å². The summed E-state index contributed by atoms with van der Waals surface area (Å²) in [5.74, 6) is -0.384. The Bertz CT molecular complexity index is 926. The van der Waals surface area contributed by atoms with Gasteiger partial charge in [-0.2, -0.15) is 5.10 Å². The highest BCUT2D eigenvalue weighted by molar-refractivity contribution is 9.10. The van der Waals surface area contributed by atoms with Crippen molar-refractivity contribution in [3.8, 4) is 0 Å². The minimum absolute atomic E-state index is 0.0136. The minimum Gasteiger partial charge on any atom is -0.366 e. The van der Waals surface area contributed by atoms with E-state index < -0.39 is 0 Å². The molecule has 0 spiro atoms. The van der Waals surface area contributed by atoms with Crippen LogP contribution in [0, 0.1) is 5.82 Å². The van der Waals surface area contributed by atoms with Gasteiger partial charge in [0.05, 0.1) is 11.8 Å². The molecule has 0 saturated heterocycles. The summed E-state index contributed by atoms with van der Waals surface area (Å²) in [5.41, 5.74) is 5.35. The number of carbonyl (C=O) groups excluding carboxylic acids is 1. The molecule has 0 aromatic heterocycles. The van der Waals surface area contributed by atoms with Crippen molar-refractivity contribution in [1.82, 2.24) is 5.43 Å². The van der Waals surface area contributed by atoms with Gasteiger partial charge in [0.15, 0.2) is 0 Å². The number of carbonyl (C=O) groups is 1. The highest BCUT2D eigenvalue weighted by Gasteiger charge is 2.36. The Morgan fingerprint density at radius 1 is 1.39 bits per heavy atom. The standard InChI is InChI=1S/C22H25BrFN3O/c1-5-27-20-11-19(24)15(10-17(20)14(2)12-22(27,3)4)13-25-26-21(28)16-8-6-7-9-18(16)23/h6-11,13-14H,5,12H2,1-4H3,(H,26,28)/b25-13-. The fourth-order valence-electron chi connectivity index (χ4n) is 4.08. The van der Waals surface area contributed by atoms with Crippen molar-refractivity contribution in [2.45, 2.75) is 45.6 Å². The second-order valence-corrected chi connectivity index (χ2v) is 8.63. The van der Waals surface area contributed by atoms with Gasteiger partial charge >= 0.3 is 0 Å². The van der Waals surface area contributed by atoms with E-state index in [1.165, 1.54) is 6.21 Å². The lowest BCUT2D eigenvalue weighted by Gasteiger charge is -2.47. The largest absolute Gasteiger partial charge is 0.366 e. The molecular weight excluding hydrogens is 421 g/mol. The summed E-state index contributed by atoms with van der Waals surface area (Å²) in [6.45, 7) is 9.47. The Morgan fingerprint density at radius 3 is 2.79 bits per heavy atom. The SMILES string of the molecule is CCN1c2cc(F)c(/C=N\NC(=O)c3ccccc3Br)cc2C(C)CC1(C)C. The molecule has 148 valence electrons. The molecule has 2 aromatic carbocycles. The zero-order valence-corrected chi connectivity index (χ0v) is 18.2. The van der Waals surface area contributed by atoms with Crippen molar-refractivity contribution in [3.05, 3.63) is 63.4 Å². The number of anilines is 1. The molecule has 3 rings (SSSR count). The van der Waals surface area contributed by atoms with Crippen LogP contribution in [-0.2, 0) is 0 Å². The molecule has 1 unspecified atom stereocenters. The number of hydrogen-bond acceptors (Lipinski definition) is 3. The Balaban J connectivity index is 1.84. The number of fused-ring (bicyclic) bond motifs is 1. The summed E-state index contributed by atoms with van der Waals surface area (Å²) >= 11 is 3.34. The Labute approximate surface area is 174 Å². The number of amides is 1. The average molecular weight is 446 g/mol. The van der Waals surface area contributed by atoms with Crippen LogP contribution >= 0.6 is 15.9 Å². The Morgan fingerprint density at radius 2 is 2.11 bits per heavy atom. The molecule has 1 amide bonds.